The summed E-state index contributed by atoms with van der Waals surface area (Å²) in [6, 6.07) is 1.48. The van der Waals surface area contributed by atoms with Crippen LogP contribution in [0.15, 0.2) is 11.2 Å². The molecular formula is C19H27ClFN3O3. The Balaban J connectivity index is 2.39. The summed E-state index contributed by atoms with van der Waals surface area (Å²) in [6.07, 6.45) is 0.122. The van der Waals surface area contributed by atoms with Crippen LogP contribution >= 0.6 is 11.6 Å². The third kappa shape index (κ3) is 5.56. The molecule has 0 spiro atoms. The first-order chi connectivity index (χ1) is 12.6. The Hall–Kier alpha value is -1.86. The van der Waals surface area contributed by atoms with Crippen LogP contribution in [0.4, 0.5) is 9.18 Å². The highest BCUT2D eigenvalue weighted by Gasteiger charge is 2.28. The van der Waals surface area contributed by atoms with E-state index in [2.05, 4.69) is 15.8 Å². The van der Waals surface area contributed by atoms with Crippen molar-refractivity contribution in [2.24, 2.45) is 5.10 Å². The molecule has 27 heavy (non-hydrogen) atoms. The number of rotatable bonds is 5. The van der Waals surface area contributed by atoms with E-state index in [0.29, 0.717) is 35.7 Å². The summed E-state index contributed by atoms with van der Waals surface area (Å²) >= 11 is 6.15. The van der Waals surface area contributed by atoms with Crippen LogP contribution in [0.25, 0.3) is 0 Å². The standard InChI is InChI=1S/C19H27ClFN3O3/c1-6-26-17-13(11(2)23-24-18(25)27-19(3,4)5)9-14(20)16(21)15(17)12-7-8-22-10-12/h9,12,22H,6-8,10H2,1-5H3,(H,24,25)/b23-11+/t12-/m0/s1. The molecular weight excluding hydrogens is 373 g/mol. The van der Waals surface area contributed by atoms with Gasteiger partial charge in [0.2, 0.25) is 0 Å². The molecule has 0 bridgehead atoms. The first-order valence-corrected chi connectivity index (χ1v) is 9.41. The molecule has 1 amide bonds. The van der Waals surface area contributed by atoms with Crippen molar-refractivity contribution in [3.05, 3.63) is 28.0 Å². The SMILES string of the molecule is CCOc1c(/C(C)=N/NC(=O)OC(C)(C)C)cc(Cl)c(F)c1[C@H]1CCNC1. The smallest absolute Gasteiger partial charge is 0.428 e. The van der Waals surface area contributed by atoms with Crippen molar-refractivity contribution < 1.29 is 18.7 Å². The first-order valence-electron chi connectivity index (χ1n) is 9.03. The number of nitrogens with one attached hydrogen (secondary N) is 2. The molecule has 1 aliphatic rings. The summed E-state index contributed by atoms with van der Waals surface area (Å²) in [6.45, 7) is 10.6. The molecule has 0 unspecified atom stereocenters. The van der Waals surface area contributed by atoms with E-state index in [4.69, 9.17) is 21.1 Å². The number of benzene rings is 1. The van der Waals surface area contributed by atoms with Gasteiger partial charge >= 0.3 is 6.09 Å². The zero-order valence-corrected chi connectivity index (χ0v) is 17.2. The van der Waals surface area contributed by atoms with Gasteiger partial charge < -0.3 is 14.8 Å². The highest BCUT2D eigenvalue weighted by Crippen LogP contribution is 2.39. The number of amides is 1. The minimum atomic E-state index is -0.673. The Morgan fingerprint density at radius 2 is 2.19 bits per heavy atom. The van der Waals surface area contributed by atoms with E-state index in [-0.39, 0.29) is 10.9 Å². The maximum absolute atomic E-state index is 14.8. The average molecular weight is 400 g/mol. The van der Waals surface area contributed by atoms with Crippen molar-refractivity contribution in [2.45, 2.75) is 52.6 Å². The third-order valence-electron chi connectivity index (χ3n) is 4.07. The second kappa shape index (κ2) is 8.89. The van der Waals surface area contributed by atoms with Crippen molar-refractivity contribution in [2.75, 3.05) is 19.7 Å². The molecule has 0 aromatic heterocycles. The fourth-order valence-electron chi connectivity index (χ4n) is 2.95. The van der Waals surface area contributed by atoms with Crippen LogP contribution < -0.4 is 15.5 Å². The quantitative estimate of drug-likeness (QED) is 0.574. The number of hydrogen-bond donors (Lipinski definition) is 2. The summed E-state index contributed by atoms with van der Waals surface area (Å²) in [5.74, 6) is -0.0820. The van der Waals surface area contributed by atoms with Crippen LogP contribution in [-0.4, -0.2) is 37.1 Å². The summed E-state index contributed by atoms with van der Waals surface area (Å²) < 4.78 is 25.8. The van der Waals surface area contributed by atoms with Crippen LogP contribution in [0.3, 0.4) is 0 Å². The van der Waals surface area contributed by atoms with E-state index in [1.54, 1.807) is 27.7 Å². The maximum atomic E-state index is 14.8. The molecule has 8 heteroatoms. The summed E-state index contributed by atoms with van der Waals surface area (Å²) in [4.78, 5) is 11.8. The molecule has 0 saturated carbocycles. The number of nitrogens with zero attached hydrogens (tertiary/aromatic N) is 1. The second-order valence-corrected chi connectivity index (χ2v) is 7.80. The zero-order valence-electron chi connectivity index (χ0n) is 16.4. The van der Waals surface area contributed by atoms with E-state index < -0.39 is 17.5 Å². The summed E-state index contributed by atoms with van der Waals surface area (Å²) in [5.41, 5.74) is 3.16. The largest absolute Gasteiger partial charge is 0.493 e. The van der Waals surface area contributed by atoms with Gasteiger partial charge in [-0.3, -0.25) is 0 Å². The number of halogens is 2. The van der Waals surface area contributed by atoms with Crippen molar-refractivity contribution in [1.29, 1.82) is 0 Å². The number of hydrogen-bond acceptors (Lipinski definition) is 5. The van der Waals surface area contributed by atoms with E-state index in [1.807, 2.05) is 6.92 Å². The maximum Gasteiger partial charge on any atom is 0.428 e. The predicted molar refractivity (Wildman–Crippen MR) is 104 cm³/mol. The molecule has 6 nitrogen and oxygen atoms in total. The highest BCUT2D eigenvalue weighted by molar-refractivity contribution is 6.31. The molecule has 1 aliphatic heterocycles. The Labute approximate surface area is 164 Å². The van der Waals surface area contributed by atoms with Gasteiger partial charge in [-0.05, 0) is 53.7 Å². The monoisotopic (exact) mass is 399 g/mol. The van der Waals surface area contributed by atoms with Gasteiger partial charge in [-0.15, -0.1) is 0 Å². The lowest BCUT2D eigenvalue weighted by Crippen LogP contribution is -2.30. The first kappa shape index (κ1) is 21.4. The Morgan fingerprint density at radius 1 is 1.48 bits per heavy atom. The van der Waals surface area contributed by atoms with Gasteiger partial charge in [0.25, 0.3) is 0 Å². The molecule has 1 atom stereocenters. The van der Waals surface area contributed by atoms with Crippen molar-refractivity contribution in [3.8, 4) is 5.75 Å². The van der Waals surface area contributed by atoms with Crippen LogP contribution in [0, 0.1) is 5.82 Å². The zero-order chi connectivity index (χ0) is 20.2. The van der Waals surface area contributed by atoms with Crippen LogP contribution in [-0.2, 0) is 4.74 Å². The minimum Gasteiger partial charge on any atom is -0.493 e. The highest BCUT2D eigenvalue weighted by atomic mass is 35.5. The molecule has 1 saturated heterocycles. The molecule has 1 aromatic carbocycles. The number of carbonyl (C=O) groups is 1. The molecule has 0 radical (unpaired) electrons. The van der Waals surface area contributed by atoms with E-state index in [1.165, 1.54) is 6.07 Å². The molecule has 150 valence electrons. The topological polar surface area (TPSA) is 72.0 Å². The van der Waals surface area contributed by atoms with Crippen LogP contribution in [0.1, 0.15) is 58.1 Å². The van der Waals surface area contributed by atoms with Gasteiger partial charge in [-0.2, -0.15) is 5.10 Å². The predicted octanol–water partition coefficient (Wildman–Crippen LogP) is 4.20. The lowest BCUT2D eigenvalue weighted by molar-refractivity contribution is 0.0529. The average Bonchev–Trinajstić information content (AvgIpc) is 3.08. The fraction of sp³-hybridized carbons (Fsp3) is 0.579. The minimum absolute atomic E-state index is 0.00201. The number of hydrazone groups is 1. The van der Waals surface area contributed by atoms with E-state index in [9.17, 15) is 9.18 Å². The second-order valence-electron chi connectivity index (χ2n) is 7.40. The molecule has 1 fully saturated rings. The third-order valence-corrected chi connectivity index (χ3v) is 4.34. The van der Waals surface area contributed by atoms with Gasteiger partial charge in [-0.1, -0.05) is 11.6 Å². The van der Waals surface area contributed by atoms with Crippen molar-refractivity contribution >= 4 is 23.4 Å². The number of carbonyl (C=O) groups excluding carboxylic acids is 1. The molecule has 2 N–H and O–H groups in total. The van der Waals surface area contributed by atoms with Crippen molar-refractivity contribution in [1.82, 2.24) is 10.7 Å². The van der Waals surface area contributed by atoms with Crippen molar-refractivity contribution in [3.63, 3.8) is 0 Å². The normalized spacial score (nSPS) is 17.7. The van der Waals surface area contributed by atoms with Gasteiger partial charge in [0.05, 0.1) is 17.3 Å². The van der Waals surface area contributed by atoms with E-state index in [0.717, 1.165) is 13.0 Å². The lowest BCUT2D eigenvalue weighted by Gasteiger charge is -2.21. The fourth-order valence-corrected chi connectivity index (χ4v) is 3.16. The van der Waals surface area contributed by atoms with E-state index >= 15 is 0 Å². The van der Waals surface area contributed by atoms with Crippen LogP contribution in [0.2, 0.25) is 5.02 Å². The summed E-state index contributed by atoms with van der Waals surface area (Å²) in [5, 5.41) is 7.31. The summed E-state index contributed by atoms with van der Waals surface area (Å²) in [7, 11) is 0. The Bertz CT molecular complexity index is 726. The molecule has 2 rings (SSSR count). The van der Waals surface area contributed by atoms with Crippen LogP contribution in [0.5, 0.6) is 5.75 Å². The lowest BCUT2D eigenvalue weighted by atomic mass is 9.93. The van der Waals surface area contributed by atoms with Gasteiger partial charge in [0.1, 0.15) is 17.2 Å². The Kier molecular flexibility index (Phi) is 7.06. The molecule has 1 aromatic rings. The van der Waals surface area contributed by atoms with Gasteiger partial charge in [0, 0.05) is 23.6 Å². The molecule has 1 heterocycles. The van der Waals surface area contributed by atoms with Gasteiger partial charge in [-0.25, -0.2) is 14.6 Å². The molecule has 0 aliphatic carbocycles. The Morgan fingerprint density at radius 3 is 2.74 bits per heavy atom. The number of ether oxygens (including phenoxy) is 2. The van der Waals surface area contributed by atoms with Gasteiger partial charge in [0.15, 0.2) is 0 Å².